The van der Waals surface area contributed by atoms with E-state index in [9.17, 15) is 4.79 Å². The van der Waals surface area contributed by atoms with Crippen molar-refractivity contribution >= 4 is 27.5 Å². The number of hydrogen-bond acceptors (Lipinski definition) is 4. The third kappa shape index (κ3) is 2.68. The maximum atomic E-state index is 12.3. The molecule has 0 fully saturated rings. The Morgan fingerprint density at radius 1 is 1.30 bits per heavy atom. The van der Waals surface area contributed by atoms with Crippen LogP contribution in [-0.4, -0.2) is 21.9 Å². The zero-order valence-electron chi connectivity index (χ0n) is 12.7. The van der Waals surface area contributed by atoms with Crippen molar-refractivity contribution in [3.8, 4) is 0 Å². The molecule has 0 aliphatic carbocycles. The number of thiophene rings is 1. The highest BCUT2D eigenvalue weighted by Gasteiger charge is 2.19. The Labute approximate surface area is 123 Å². The van der Waals surface area contributed by atoms with E-state index in [1.807, 2.05) is 27.7 Å². The number of nitrogens with zero attached hydrogens (tertiary/aromatic N) is 2. The molecule has 0 radical (unpaired) electrons. The molecule has 2 aromatic heterocycles. The number of carbonyl (C=O) groups excluding carboxylic acids is 1. The van der Waals surface area contributed by atoms with Gasteiger partial charge in [0.25, 0.3) is 5.91 Å². The van der Waals surface area contributed by atoms with Crippen molar-refractivity contribution in [2.75, 3.05) is 0 Å². The Kier molecular flexibility index (Phi) is 4.38. The minimum Gasteiger partial charge on any atom is -0.349 e. The van der Waals surface area contributed by atoms with Crippen LogP contribution in [0.5, 0.6) is 0 Å². The fourth-order valence-electron chi connectivity index (χ4n) is 2.16. The zero-order chi connectivity index (χ0) is 14.9. The molecule has 0 aliphatic heterocycles. The molecule has 108 valence electrons. The Morgan fingerprint density at radius 2 is 2.00 bits per heavy atom. The van der Waals surface area contributed by atoms with E-state index >= 15 is 0 Å². The van der Waals surface area contributed by atoms with Gasteiger partial charge in [-0.1, -0.05) is 13.8 Å². The van der Waals surface area contributed by atoms with E-state index in [-0.39, 0.29) is 11.9 Å². The second kappa shape index (κ2) is 5.87. The van der Waals surface area contributed by atoms with Gasteiger partial charge in [0.15, 0.2) is 0 Å². The number of aryl methyl sites for hydroxylation is 3. The van der Waals surface area contributed by atoms with Crippen LogP contribution in [0, 0.1) is 13.8 Å². The highest BCUT2D eigenvalue weighted by molar-refractivity contribution is 7.20. The van der Waals surface area contributed by atoms with E-state index in [1.165, 1.54) is 11.3 Å². The van der Waals surface area contributed by atoms with Crippen LogP contribution in [0.2, 0.25) is 0 Å². The topological polar surface area (TPSA) is 54.9 Å². The van der Waals surface area contributed by atoms with Gasteiger partial charge in [-0.2, -0.15) is 0 Å². The number of aromatic nitrogens is 2. The third-order valence-corrected chi connectivity index (χ3v) is 4.71. The van der Waals surface area contributed by atoms with Crippen molar-refractivity contribution in [2.24, 2.45) is 0 Å². The monoisotopic (exact) mass is 291 g/mol. The van der Waals surface area contributed by atoms with Gasteiger partial charge < -0.3 is 5.32 Å². The van der Waals surface area contributed by atoms with Crippen LogP contribution >= 0.6 is 11.3 Å². The summed E-state index contributed by atoms with van der Waals surface area (Å²) in [5.74, 6) is 0.836. The first-order valence-corrected chi connectivity index (χ1v) is 7.87. The van der Waals surface area contributed by atoms with Crippen molar-refractivity contribution in [1.82, 2.24) is 15.3 Å². The van der Waals surface area contributed by atoms with Crippen LogP contribution in [0.4, 0.5) is 0 Å². The quantitative estimate of drug-likeness (QED) is 0.939. The highest BCUT2D eigenvalue weighted by Crippen LogP contribution is 2.31. The number of rotatable bonds is 4. The van der Waals surface area contributed by atoms with E-state index in [0.29, 0.717) is 0 Å². The normalized spacial score (nSPS) is 12.7. The molecule has 0 bridgehead atoms. The van der Waals surface area contributed by atoms with Gasteiger partial charge in [0, 0.05) is 23.5 Å². The Balaban J connectivity index is 2.48. The van der Waals surface area contributed by atoms with Gasteiger partial charge in [-0.05, 0) is 32.8 Å². The smallest absolute Gasteiger partial charge is 0.261 e. The molecule has 2 rings (SSSR count). The van der Waals surface area contributed by atoms with Gasteiger partial charge in [0.2, 0.25) is 0 Å². The molecule has 20 heavy (non-hydrogen) atoms. The summed E-state index contributed by atoms with van der Waals surface area (Å²) in [5.41, 5.74) is 1.95. The van der Waals surface area contributed by atoms with Crippen molar-refractivity contribution in [3.63, 3.8) is 0 Å². The lowest BCUT2D eigenvalue weighted by atomic mass is 10.1. The lowest BCUT2D eigenvalue weighted by Gasteiger charge is -2.10. The maximum Gasteiger partial charge on any atom is 0.261 e. The molecule has 1 atom stereocenters. The van der Waals surface area contributed by atoms with Gasteiger partial charge in [0.1, 0.15) is 10.7 Å². The van der Waals surface area contributed by atoms with Crippen LogP contribution < -0.4 is 5.32 Å². The molecule has 4 nitrogen and oxygen atoms in total. The molecule has 1 amide bonds. The molecular formula is C15H21N3OS. The van der Waals surface area contributed by atoms with Gasteiger partial charge in [-0.15, -0.1) is 11.3 Å². The predicted molar refractivity (Wildman–Crippen MR) is 83.5 cm³/mol. The average molecular weight is 291 g/mol. The third-order valence-electron chi connectivity index (χ3n) is 3.53. The lowest BCUT2D eigenvalue weighted by Crippen LogP contribution is -2.31. The van der Waals surface area contributed by atoms with Gasteiger partial charge in [-0.3, -0.25) is 4.79 Å². The maximum absolute atomic E-state index is 12.3. The summed E-state index contributed by atoms with van der Waals surface area (Å²) in [6, 6.07) is 0.186. The fraction of sp³-hybridized carbons (Fsp3) is 0.533. The molecule has 0 saturated carbocycles. The minimum atomic E-state index is -0.00250. The molecule has 0 spiro atoms. The summed E-state index contributed by atoms with van der Waals surface area (Å²) in [6.45, 7) is 10.1. The predicted octanol–water partition coefficient (Wildman–Crippen LogP) is 3.40. The summed E-state index contributed by atoms with van der Waals surface area (Å²) < 4.78 is 0. The molecule has 2 aromatic rings. The summed E-state index contributed by atoms with van der Waals surface area (Å²) >= 11 is 1.47. The second-order valence-electron chi connectivity index (χ2n) is 5.10. The summed E-state index contributed by atoms with van der Waals surface area (Å²) in [4.78, 5) is 23.0. The van der Waals surface area contributed by atoms with Crippen LogP contribution in [-0.2, 0) is 6.42 Å². The number of carbonyl (C=O) groups is 1. The summed E-state index contributed by atoms with van der Waals surface area (Å²) in [7, 11) is 0. The Bertz CT molecular complexity index is 648. The van der Waals surface area contributed by atoms with Gasteiger partial charge >= 0.3 is 0 Å². The number of hydrogen-bond donors (Lipinski definition) is 1. The zero-order valence-corrected chi connectivity index (χ0v) is 13.5. The average Bonchev–Trinajstić information content (AvgIpc) is 2.76. The fourth-order valence-corrected chi connectivity index (χ4v) is 3.31. The van der Waals surface area contributed by atoms with Crippen molar-refractivity contribution in [3.05, 3.63) is 22.0 Å². The molecule has 0 saturated heterocycles. The van der Waals surface area contributed by atoms with Crippen LogP contribution in [0.3, 0.4) is 0 Å². The van der Waals surface area contributed by atoms with Crippen molar-refractivity contribution < 1.29 is 4.79 Å². The van der Waals surface area contributed by atoms with Crippen LogP contribution in [0.25, 0.3) is 10.2 Å². The molecule has 2 heterocycles. The number of nitrogens with one attached hydrogen (secondary N) is 1. The number of fused-ring (bicyclic) bond motifs is 1. The van der Waals surface area contributed by atoms with Gasteiger partial charge in [0.05, 0.1) is 4.88 Å². The summed E-state index contributed by atoms with van der Waals surface area (Å²) in [5, 5.41) is 4.05. The Hall–Kier alpha value is -1.49. The lowest BCUT2D eigenvalue weighted by molar-refractivity contribution is 0.0943. The molecule has 1 N–H and O–H groups in total. The van der Waals surface area contributed by atoms with E-state index < -0.39 is 0 Å². The number of amides is 1. The molecular weight excluding hydrogens is 270 g/mol. The standard InChI is InChI=1S/C15H21N3OS/c1-6-8(3)16-14(19)13-9(4)12-10(5)17-11(7-2)18-15(12)20-13/h8H,6-7H2,1-5H3,(H,16,19)/t8-/m0/s1. The first-order valence-electron chi connectivity index (χ1n) is 7.05. The van der Waals surface area contributed by atoms with Gasteiger partial charge in [-0.25, -0.2) is 9.97 Å². The van der Waals surface area contributed by atoms with E-state index in [0.717, 1.165) is 45.0 Å². The molecule has 0 aromatic carbocycles. The SMILES string of the molecule is CCc1nc(C)c2c(C)c(C(=O)N[C@@H](C)CC)sc2n1. The van der Waals surface area contributed by atoms with E-state index in [1.54, 1.807) is 0 Å². The van der Waals surface area contributed by atoms with E-state index in [4.69, 9.17) is 0 Å². The first kappa shape index (κ1) is 14.9. The van der Waals surface area contributed by atoms with Crippen molar-refractivity contribution in [1.29, 1.82) is 0 Å². The van der Waals surface area contributed by atoms with E-state index in [2.05, 4.69) is 22.2 Å². The Morgan fingerprint density at radius 3 is 2.60 bits per heavy atom. The highest BCUT2D eigenvalue weighted by atomic mass is 32.1. The minimum absolute atomic E-state index is 0.00250. The molecule has 0 aliphatic rings. The first-order chi connectivity index (χ1) is 9.47. The summed E-state index contributed by atoms with van der Waals surface area (Å²) in [6.07, 6.45) is 1.73. The van der Waals surface area contributed by atoms with Crippen molar-refractivity contribution in [2.45, 2.75) is 53.5 Å². The second-order valence-corrected chi connectivity index (χ2v) is 6.10. The molecule has 5 heteroatoms. The largest absolute Gasteiger partial charge is 0.349 e. The molecule has 0 unspecified atom stereocenters. The van der Waals surface area contributed by atoms with Crippen LogP contribution in [0.15, 0.2) is 0 Å². The van der Waals surface area contributed by atoms with Crippen LogP contribution in [0.1, 0.15) is 53.9 Å².